The molecule has 3 aromatic carbocycles. The number of fused-ring (bicyclic) bond motifs is 3. The summed E-state index contributed by atoms with van der Waals surface area (Å²) in [6.07, 6.45) is -0.248. The van der Waals surface area contributed by atoms with E-state index in [1.807, 2.05) is 48.5 Å². The number of likely N-dealkylation sites (N-methyl/N-ethyl adjacent to an activating group) is 1. The van der Waals surface area contributed by atoms with E-state index < -0.39 is 23.5 Å². The fourth-order valence-corrected chi connectivity index (χ4v) is 4.59. The molecular formula is C28H29F2NO3S2. The van der Waals surface area contributed by atoms with Gasteiger partial charge in [-0.05, 0) is 34.9 Å². The summed E-state index contributed by atoms with van der Waals surface area (Å²) in [5, 5.41) is 0. The van der Waals surface area contributed by atoms with Crippen molar-refractivity contribution in [2.45, 2.75) is 32.1 Å². The number of para-hydroxylation sites is 1. The largest absolute Gasteiger partial charge is 0.314 e. The van der Waals surface area contributed by atoms with Crippen LogP contribution < -0.4 is 4.90 Å². The van der Waals surface area contributed by atoms with E-state index in [9.17, 15) is 23.2 Å². The van der Waals surface area contributed by atoms with Crippen LogP contribution in [-0.4, -0.2) is 24.5 Å². The smallest absolute Gasteiger partial charge is 0.234 e. The number of ketones is 2. The molecule has 190 valence electrons. The molecule has 3 aromatic rings. The van der Waals surface area contributed by atoms with Gasteiger partial charge in [-0.3, -0.25) is 14.4 Å². The summed E-state index contributed by atoms with van der Waals surface area (Å²) in [6.45, 7) is 1.65. The number of hydrogen-bond donors (Lipinski definition) is 0. The molecule has 0 unspecified atom stereocenters. The van der Waals surface area contributed by atoms with Gasteiger partial charge in [0.05, 0.1) is 11.6 Å². The van der Waals surface area contributed by atoms with Crippen molar-refractivity contribution in [3.63, 3.8) is 0 Å². The van der Waals surface area contributed by atoms with Crippen LogP contribution in [0.2, 0.25) is 0 Å². The van der Waals surface area contributed by atoms with Crippen LogP contribution in [0.3, 0.4) is 0 Å². The fourth-order valence-electron chi connectivity index (χ4n) is 4.59. The third-order valence-electron chi connectivity index (χ3n) is 6.33. The molecule has 0 radical (unpaired) electrons. The highest BCUT2D eigenvalue weighted by molar-refractivity contribution is 7.59. The number of rotatable bonds is 7. The molecule has 2 atom stereocenters. The molecule has 4 nitrogen and oxygen atoms in total. The van der Waals surface area contributed by atoms with Gasteiger partial charge >= 0.3 is 0 Å². The van der Waals surface area contributed by atoms with E-state index in [0.717, 1.165) is 40.6 Å². The molecule has 0 spiro atoms. The molecule has 0 N–H and O–H groups in total. The Kier molecular flexibility index (Phi) is 10.0. The number of amides is 1. The minimum atomic E-state index is -0.748. The standard InChI is InChI=1S/C28H25F2NO3.2H2S/c1-17(11-21(32)14-18-12-19(29)15-20(30)13-18)27(33)16-25-23-8-4-3-7-22(23)24-9-5-6-10-26(24)31(2)28(25)34;;/h3-10,12-13,15,17,25H,11,14,16H2,1-2H3;2*1H2/t17-,25+;;/m1../s1. The lowest BCUT2D eigenvalue weighted by Gasteiger charge is -2.22. The lowest BCUT2D eigenvalue weighted by Crippen LogP contribution is -2.32. The van der Waals surface area contributed by atoms with Gasteiger partial charge in [0.2, 0.25) is 5.91 Å². The second-order valence-electron chi connectivity index (χ2n) is 8.82. The Balaban J connectivity index is 0.00000228. The summed E-state index contributed by atoms with van der Waals surface area (Å²) in [5.74, 6) is -3.46. The van der Waals surface area contributed by atoms with Crippen molar-refractivity contribution in [1.82, 2.24) is 0 Å². The van der Waals surface area contributed by atoms with Crippen LogP contribution in [0.5, 0.6) is 0 Å². The zero-order valence-corrected chi connectivity index (χ0v) is 22.1. The molecule has 36 heavy (non-hydrogen) atoms. The Morgan fingerprint density at radius 1 is 0.917 bits per heavy atom. The quantitative estimate of drug-likeness (QED) is 0.394. The van der Waals surface area contributed by atoms with Gasteiger partial charge in [-0.1, -0.05) is 49.4 Å². The molecule has 0 aromatic heterocycles. The molecular weight excluding hydrogens is 500 g/mol. The summed E-state index contributed by atoms with van der Waals surface area (Å²) in [5.41, 5.74) is 3.63. The van der Waals surface area contributed by atoms with E-state index in [2.05, 4.69) is 0 Å². The predicted octanol–water partition coefficient (Wildman–Crippen LogP) is 5.71. The van der Waals surface area contributed by atoms with Crippen LogP contribution >= 0.6 is 27.0 Å². The van der Waals surface area contributed by atoms with Crippen LogP contribution in [0.15, 0.2) is 66.7 Å². The third-order valence-corrected chi connectivity index (χ3v) is 6.33. The molecule has 0 bridgehead atoms. The molecule has 1 heterocycles. The highest BCUT2D eigenvalue weighted by atomic mass is 32.1. The van der Waals surface area contributed by atoms with Gasteiger partial charge in [-0.15, -0.1) is 0 Å². The molecule has 1 aliphatic rings. The van der Waals surface area contributed by atoms with Crippen LogP contribution in [0.4, 0.5) is 14.5 Å². The van der Waals surface area contributed by atoms with Crippen molar-refractivity contribution in [2.75, 3.05) is 11.9 Å². The minimum absolute atomic E-state index is 0. The van der Waals surface area contributed by atoms with E-state index in [1.165, 1.54) is 0 Å². The topological polar surface area (TPSA) is 54.5 Å². The lowest BCUT2D eigenvalue weighted by molar-refractivity contribution is -0.129. The predicted molar refractivity (Wildman–Crippen MR) is 147 cm³/mol. The Bertz CT molecular complexity index is 1260. The zero-order valence-electron chi connectivity index (χ0n) is 20.1. The first-order valence-electron chi connectivity index (χ1n) is 11.2. The maximum atomic E-state index is 13.4. The van der Waals surface area contributed by atoms with Crippen LogP contribution in [0.25, 0.3) is 11.1 Å². The number of hydrogen-bond acceptors (Lipinski definition) is 3. The SMILES string of the molecule is C[C@H](CC(=O)Cc1cc(F)cc(F)c1)C(=O)C[C@@H]1C(=O)N(C)c2ccccc2-c2ccccc21.S.S. The highest BCUT2D eigenvalue weighted by Gasteiger charge is 2.34. The molecule has 0 aliphatic carbocycles. The summed E-state index contributed by atoms with van der Waals surface area (Å²) < 4.78 is 26.8. The van der Waals surface area contributed by atoms with Crippen molar-refractivity contribution < 1.29 is 23.2 Å². The molecule has 0 saturated heterocycles. The average molecular weight is 530 g/mol. The maximum absolute atomic E-state index is 13.4. The van der Waals surface area contributed by atoms with E-state index in [1.54, 1.807) is 18.9 Å². The number of benzene rings is 3. The number of carbonyl (C=O) groups excluding carboxylic acids is 3. The van der Waals surface area contributed by atoms with Gasteiger partial charge < -0.3 is 4.90 Å². The summed E-state index contributed by atoms with van der Waals surface area (Å²) >= 11 is 0. The summed E-state index contributed by atoms with van der Waals surface area (Å²) in [6, 6.07) is 18.2. The van der Waals surface area contributed by atoms with E-state index in [-0.39, 0.29) is 69.3 Å². The van der Waals surface area contributed by atoms with Crippen molar-refractivity contribution in [3.8, 4) is 11.1 Å². The minimum Gasteiger partial charge on any atom is -0.314 e. The number of Topliss-reactive ketones (excluding diaryl/α,β-unsaturated/α-hetero) is 2. The van der Waals surface area contributed by atoms with E-state index >= 15 is 0 Å². The van der Waals surface area contributed by atoms with E-state index in [0.29, 0.717) is 0 Å². The first kappa shape index (κ1) is 29.3. The van der Waals surface area contributed by atoms with Gasteiger partial charge in [0.25, 0.3) is 0 Å². The average Bonchev–Trinajstić information content (AvgIpc) is 2.88. The molecule has 0 saturated carbocycles. The molecule has 0 fully saturated rings. The second kappa shape index (κ2) is 12.3. The monoisotopic (exact) mass is 529 g/mol. The van der Waals surface area contributed by atoms with Gasteiger partial charge in [0, 0.05) is 43.9 Å². The third kappa shape index (κ3) is 6.23. The zero-order chi connectivity index (χ0) is 24.4. The molecule has 4 rings (SSSR count). The van der Waals surface area contributed by atoms with Crippen molar-refractivity contribution in [1.29, 1.82) is 0 Å². The van der Waals surface area contributed by atoms with Gasteiger partial charge in [-0.2, -0.15) is 27.0 Å². The molecule has 1 amide bonds. The first-order valence-corrected chi connectivity index (χ1v) is 11.2. The van der Waals surface area contributed by atoms with Crippen molar-refractivity contribution >= 4 is 50.2 Å². The molecule has 8 heteroatoms. The summed E-state index contributed by atoms with van der Waals surface area (Å²) in [7, 11) is 1.70. The maximum Gasteiger partial charge on any atom is 0.234 e. The van der Waals surface area contributed by atoms with Gasteiger partial charge in [0.1, 0.15) is 23.2 Å². The Labute approximate surface area is 223 Å². The van der Waals surface area contributed by atoms with Gasteiger partial charge in [-0.25, -0.2) is 8.78 Å². The number of anilines is 1. The molecule has 1 aliphatic heterocycles. The first-order chi connectivity index (χ1) is 16.2. The number of halogens is 2. The van der Waals surface area contributed by atoms with Crippen LogP contribution in [-0.2, 0) is 20.8 Å². The Morgan fingerprint density at radius 3 is 2.17 bits per heavy atom. The van der Waals surface area contributed by atoms with Crippen LogP contribution in [0.1, 0.15) is 36.8 Å². The van der Waals surface area contributed by atoms with Crippen molar-refractivity contribution in [2.24, 2.45) is 5.92 Å². The number of carbonyl (C=O) groups is 3. The fraction of sp³-hybridized carbons (Fsp3) is 0.250. The Hall–Kier alpha value is -2.97. The van der Waals surface area contributed by atoms with Gasteiger partial charge in [0.15, 0.2) is 0 Å². The van der Waals surface area contributed by atoms with Crippen LogP contribution in [0, 0.1) is 17.6 Å². The van der Waals surface area contributed by atoms with E-state index in [4.69, 9.17) is 0 Å². The summed E-state index contributed by atoms with van der Waals surface area (Å²) in [4.78, 5) is 40.6. The van der Waals surface area contributed by atoms with Crippen molar-refractivity contribution in [3.05, 3.63) is 89.5 Å². The second-order valence-corrected chi connectivity index (χ2v) is 8.82. The Morgan fingerprint density at radius 2 is 1.50 bits per heavy atom. The number of nitrogens with zero attached hydrogens (tertiary/aromatic N) is 1. The lowest BCUT2D eigenvalue weighted by atomic mass is 9.84. The highest BCUT2D eigenvalue weighted by Crippen LogP contribution is 2.41. The normalized spacial score (nSPS) is 14.9.